The molecule has 0 aliphatic heterocycles. The standard InChI is InChI=1S/C9H14ClN5O2/c1-4-17-9-13-7(10)12-8(14-9)15(3)5-6(16)11-2/h4-5H2,1-3H3,(H,11,16). The van der Waals surface area contributed by atoms with E-state index in [0.717, 1.165) is 0 Å². The van der Waals surface area contributed by atoms with Crippen LogP contribution in [0.5, 0.6) is 6.01 Å². The summed E-state index contributed by atoms with van der Waals surface area (Å²) in [5.41, 5.74) is 0. The number of anilines is 1. The monoisotopic (exact) mass is 259 g/mol. The van der Waals surface area contributed by atoms with Crippen molar-refractivity contribution in [2.45, 2.75) is 6.92 Å². The lowest BCUT2D eigenvalue weighted by Gasteiger charge is -2.16. The molecule has 17 heavy (non-hydrogen) atoms. The van der Waals surface area contributed by atoms with E-state index in [9.17, 15) is 4.79 Å². The van der Waals surface area contributed by atoms with Gasteiger partial charge in [0, 0.05) is 14.1 Å². The van der Waals surface area contributed by atoms with Crippen LogP contribution in [-0.2, 0) is 4.79 Å². The second-order valence-electron chi connectivity index (χ2n) is 3.15. The van der Waals surface area contributed by atoms with Gasteiger partial charge >= 0.3 is 6.01 Å². The Labute approximate surface area is 104 Å². The molecule has 0 spiro atoms. The van der Waals surface area contributed by atoms with Gasteiger partial charge in [0.25, 0.3) is 0 Å². The van der Waals surface area contributed by atoms with Crippen molar-refractivity contribution in [3.05, 3.63) is 5.28 Å². The maximum Gasteiger partial charge on any atom is 0.322 e. The highest BCUT2D eigenvalue weighted by atomic mass is 35.5. The fraction of sp³-hybridized carbons (Fsp3) is 0.556. The highest BCUT2D eigenvalue weighted by Crippen LogP contribution is 2.13. The molecular formula is C9H14ClN5O2. The molecular weight excluding hydrogens is 246 g/mol. The van der Waals surface area contributed by atoms with E-state index < -0.39 is 0 Å². The topological polar surface area (TPSA) is 80.2 Å². The second kappa shape index (κ2) is 6.19. The second-order valence-corrected chi connectivity index (χ2v) is 3.49. The summed E-state index contributed by atoms with van der Waals surface area (Å²) in [7, 11) is 3.23. The zero-order valence-corrected chi connectivity index (χ0v) is 10.7. The molecule has 1 amide bonds. The summed E-state index contributed by atoms with van der Waals surface area (Å²) in [6.07, 6.45) is 0. The molecule has 94 valence electrons. The number of carbonyl (C=O) groups excluding carboxylic acids is 1. The van der Waals surface area contributed by atoms with Crippen LogP contribution in [0.1, 0.15) is 6.92 Å². The number of aromatic nitrogens is 3. The Kier molecular flexibility index (Phi) is 4.89. The molecule has 0 aromatic carbocycles. The molecule has 1 aromatic heterocycles. The number of ether oxygens (including phenoxy) is 1. The molecule has 0 saturated heterocycles. The highest BCUT2D eigenvalue weighted by molar-refractivity contribution is 6.28. The van der Waals surface area contributed by atoms with Crippen LogP contribution in [0.3, 0.4) is 0 Å². The zero-order chi connectivity index (χ0) is 12.8. The van der Waals surface area contributed by atoms with Crippen LogP contribution in [0.25, 0.3) is 0 Å². The molecule has 0 saturated carbocycles. The average Bonchev–Trinajstić information content (AvgIpc) is 2.28. The van der Waals surface area contributed by atoms with Crippen LogP contribution in [0, 0.1) is 0 Å². The Bertz CT molecular complexity index is 401. The minimum atomic E-state index is -0.151. The molecule has 0 unspecified atom stereocenters. The number of nitrogens with zero attached hydrogens (tertiary/aromatic N) is 4. The van der Waals surface area contributed by atoms with Gasteiger partial charge in [0.05, 0.1) is 13.2 Å². The first-order chi connectivity index (χ1) is 8.06. The largest absolute Gasteiger partial charge is 0.464 e. The summed E-state index contributed by atoms with van der Waals surface area (Å²) in [6.45, 7) is 2.37. The van der Waals surface area contributed by atoms with Gasteiger partial charge in [0.15, 0.2) is 0 Å². The molecule has 0 aliphatic carbocycles. The van der Waals surface area contributed by atoms with Crippen molar-refractivity contribution in [1.29, 1.82) is 0 Å². The van der Waals surface area contributed by atoms with Gasteiger partial charge in [-0.05, 0) is 18.5 Å². The average molecular weight is 260 g/mol. The van der Waals surface area contributed by atoms with E-state index >= 15 is 0 Å². The van der Waals surface area contributed by atoms with Crippen molar-refractivity contribution in [3.63, 3.8) is 0 Å². The van der Waals surface area contributed by atoms with E-state index in [4.69, 9.17) is 16.3 Å². The summed E-state index contributed by atoms with van der Waals surface area (Å²) in [5, 5.41) is 2.53. The maximum atomic E-state index is 11.2. The van der Waals surface area contributed by atoms with Gasteiger partial charge in [-0.1, -0.05) is 0 Å². The van der Waals surface area contributed by atoms with Crippen LogP contribution < -0.4 is 15.0 Å². The summed E-state index contributed by atoms with van der Waals surface area (Å²) >= 11 is 5.73. The van der Waals surface area contributed by atoms with Crippen molar-refractivity contribution in [3.8, 4) is 6.01 Å². The van der Waals surface area contributed by atoms with Crippen LogP contribution in [0.4, 0.5) is 5.95 Å². The molecule has 8 heteroatoms. The van der Waals surface area contributed by atoms with Crippen molar-refractivity contribution in [2.24, 2.45) is 0 Å². The zero-order valence-electron chi connectivity index (χ0n) is 9.90. The van der Waals surface area contributed by atoms with E-state index in [1.165, 1.54) is 0 Å². The normalized spacial score (nSPS) is 9.88. The molecule has 0 fully saturated rings. The third-order valence-electron chi connectivity index (χ3n) is 1.85. The van der Waals surface area contributed by atoms with Gasteiger partial charge in [-0.15, -0.1) is 0 Å². The Morgan fingerprint density at radius 3 is 2.76 bits per heavy atom. The molecule has 1 rings (SSSR count). The number of amides is 1. The Balaban J connectivity index is 2.85. The Morgan fingerprint density at radius 2 is 2.18 bits per heavy atom. The van der Waals surface area contributed by atoms with Crippen LogP contribution in [0.15, 0.2) is 0 Å². The van der Waals surface area contributed by atoms with Gasteiger partial charge in [0.1, 0.15) is 0 Å². The van der Waals surface area contributed by atoms with Crippen molar-refractivity contribution >= 4 is 23.5 Å². The van der Waals surface area contributed by atoms with Gasteiger partial charge in [0.2, 0.25) is 17.1 Å². The van der Waals surface area contributed by atoms with E-state index in [2.05, 4.69) is 20.3 Å². The van der Waals surface area contributed by atoms with Crippen LogP contribution >= 0.6 is 11.6 Å². The van der Waals surface area contributed by atoms with E-state index in [1.54, 1.807) is 19.0 Å². The maximum absolute atomic E-state index is 11.2. The molecule has 1 aromatic rings. The number of likely N-dealkylation sites (N-methyl/N-ethyl adjacent to an activating group) is 2. The van der Waals surface area contributed by atoms with Crippen LogP contribution in [0.2, 0.25) is 5.28 Å². The predicted molar refractivity (Wildman–Crippen MR) is 63.3 cm³/mol. The number of hydrogen-bond acceptors (Lipinski definition) is 6. The highest BCUT2D eigenvalue weighted by Gasteiger charge is 2.12. The first-order valence-electron chi connectivity index (χ1n) is 5.03. The first kappa shape index (κ1) is 13.4. The Hall–Kier alpha value is -1.63. The third-order valence-corrected chi connectivity index (χ3v) is 2.02. The van der Waals surface area contributed by atoms with Gasteiger partial charge in [-0.2, -0.15) is 15.0 Å². The molecule has 0 aliphatic rings. The number of rotatable bonds is 5. The van der Waals surface area contributed by atoms with Crippen molar-refractivity contribution in [1.82, 2.24) is 20.3 Å². The van der Waals surface area contributed by atoms with Gasteiger partial charge < -0.3 is 15.0 Å². The van der Waals surface area contributed by atoms with E-state index in [-0.39, 0.29) is 29.7 Å². The quantitative estimate of drug-likeness (QED) is 0.808. The lowest BCUT2D eigenvalue weighted by Crippen LogP contribution is -2.34. The SMILES string of the molecule is CCOc1nc(Cl)nc(N(C)CC(=O)NC)n1. The van der Waals surface area contributed by atoms with E-state index in [1.807, 2.05) is 6.92 Å². The fourth-order valence-corrected chi connectivity index (χ4v) is 1.20. The van der Waals surface area contributed by atoms with Gasteiger partial charge in [-0.25, -0.2) is 0 Å². The minimum Gasteiger partial charge on any atom is -0.464 e. The lowest BCUT2D eigenvalue weighted by atomic mass is 10.5. The molecule has 0 radical (unpaired) electrons. The lowest BCUT2D eigenvalue weighted by molar-refractivity contribution is -0.119. The Morgan fingerprint density at radius 1 is 1.47 bits per heavy atom. The van der Waals surface area contributed by atoms with Crippen LogP contribution in [-0.4, -0.2) is 48.1 Å². The summed E-state index contributed by atoms with van der Waals surface area (Å²) < 4.78 is 5.13. The van der Waals surface area contributed by atoms with E-state index in [0.29, 0.717) is 6.61 Å². The van der Waals surface area contributed by atoms with Crippen molar-refractivity contribution < 1.29 is 9.53 Å². The summed E-state index contributed by atoms with van der Waals surface area (Å²) in [4.78, 5) is 24.5. The van der Waals surface area contributed by atoms with Gasteiger partial charge in [-0.3, -0.25) is 4.79 Å². The molecule has 0 atom stereocenters. The number of nitrogens with one attached hydrogen (secondary N) is 1. The molecule has 1 N–H and O–H groups in total. The number of hydrogen-bond donors (Lipinski definition) is 1. The smallest absolute Gasteiger partial charge is 0.322 e. The minimum absolute atomic E-state index is 0.0298. The summed E-state index contributed by atoms with van der Waals surface area (Å²) in [5.74, 6) is 0.138. The third kappa shape index (κ3) is 4.03. The molecule has 0 bridgehead atoms. The van der Waals surface area contributed by atoms with Crippen molar-refractivity contribution in [2.75, 3.05) is 32.1 Å². The first-order valence-corrected chi connectivity index (χ1v) is 5.40. The predicted octanol–water partition coefficient (Wildman–Crippen LogP) is 0.106. The molecule has 7 nitrogen and oxygen atoms in total. The summed E-state index contributed by atoms with van der Waals surface area (Å²) in [6, 6.07) is 0.145. The fourth-order valence-electron chi connectivity index (χ4n) is 1.05. The number of halogens is 1. The molecule has 1 heterocycles. The number of carbonyl (C=O) groups is 1.